The minimum absolute atomic E-state index is 0.192. The molecule has 5 heteroatoms. The number of carbonyl (C=O) groups excluding carboxylic acids is 2. The summed E-state index contributed by atoms with van der Waals surface area (Å²) < 4.78 is 0. The van der Waals surface area contributed by atoms with Crippen LogP contribution in [0.25, 0.3) is 5.57 Å². The molecule has 0 radical (unpaired) electrons. The van der Waals surface area contributed by atoms with E-state index in [-0.39, 0.29) is 18.4 Å². The first kappa shape index (κ1) is 15.6. The largest absolute Gasteiger partial charge is 0.366 e. The molecule has 4 rings (SSSR count). The lowest BCUT2D eigenvalue weighted by molar-refractivity contribution is -0.138. The minimum Gasteiger partial charge on any atom is -0.366 e. The highest BCUT2D eigenvalue weighted by molar-refractivity contribution is 6.35. The van der Waals surface area contributed by atoms with E-state index < -0.39 is 0 Å². The Hall–Kier alpha value is -2.95. The van der Waals surface area contributed by atoms with Gasteiger partial charge in [-0.05, 0) is 36.1 Å². The lowest BCUT2D eigenvalue weighted by atomic mass is 10.0. The van der Waals surface area contributed by atoms with E-state index in [1.807, 2.05) is 42.5 Å². The van der Waals surface area contributed by atoms with E-state index in [9.17, 15) is 9.59 Å². The maximum absolute atomic E-state index is 13.1. The zero-order chi connectivity index (χ0) is 17.2. The number of hydrogen-bond acceptors (Lipinski definition) is 4. The summed E-state index contributed by atoms with van der Waals surface area (Å²) in [6, 6.07) is 13.2. The van der Waals surface area contributed by atoms with Gasteiger partial charge in [0.25, 0.3) is 11.8 Å². The van der Waals surface area contributed by atoms with Crippen LogP contribution < -0.4 is 0 Å². The van der Waals surface area contributed by atoms with Crippen molar-refractivity contribution in [3.8, 4) is 0 Å². The van der Waals surface area contributed by atoms with Crippen LogP contribution >= 0.6 is 0 Å². The fourth-order valence-corrected chi connectivity index (χ4v) is 3.48. The van der Waals surface area contributed by atoms with E-state index in [1.165, 1.54) is 4.90 Å². The van der Waals surface area contributed by atoms with Crippen molar-refractivity contribution in [3.63, 3.8) is 0 Å². The van der Waals surface area contributed by atoms with Gasteiger partial charge >= 0.3 is 0 Å². The van der Waals surface area contributed by atoms with E-state index in [0.717, 1.165) is 37.1 Å². The quantitative estimate of drug-likeness (QED) is 0.807. The number of benzene rings is 1. The molecule has 0 bridgehead atoms. The van der Waals surface area contributed by atoms with E-state index >= 15 is 0 Å². The Morgan fingerprint density at radius 1 is 0.880 bits per heavy atom. The predicted octanol–water partition coefficient (Wildman–Crippen LogP) is 2.46. The molecule has 3 heterocycles. The highest BCUT2D eigenvalue weighted by atomic mass is 16.2. The highest BCUT2D eigenvalue weighted by Crippen LogP contribution is 2.34. The molecule has 1 saturated heterocycles. The topological polar surface area (TPSA) is 53.5 Å². The zero-order valence-electron chi connectivity index (χ0n) is 13.9. The third-order valence-electron chi connectivity index (χ3n) is 4.72. The molecule has 1 aromatic heterocycles. The molecule has 1 aromatic carbocycles. The molecule has 2 amide bonds. The zero-order valence-corrected chi connectivity index (χ0v) is 13.9. The summed E-state index contributed by atoms with van der Waals surface area (Å²) >= 11 is 0. The van der Waals surface area contributed by atoms with Crippen LogP contribution in [0.1, 0.15) is 24.0 Å². The number of amides is 2. The van der Waals surface area contributed by atoms with Gasteiger partial charge < -0.3 is 4.90 Å². The van der Waals surface area contributed by atoms with E-state index in [1.54, 1.807) is 12.4 Å². The molecule has 0 atom stereocenters. The van der Waals surface area contributed by atoms with Crippen molar-refractivity contribution >= 4 is 17.4 Å². The number of aromatic nitrogens is 1. The maximum atomic E-state index is 13.1. The molecule has 2 aliphatic heterocycles. The van der Waals surface area contributed by atoms with Crippen molar-refractivity contribution in [3.05, 3.63) is 71.7 Å². The molecule has 0 spiro atoms. The summed E-state index contributed by atoms with van der Waals surface area (Å²) in [6.07, 6.45) is 5.45. The van der Waals surface area contributed by atoms with Crippen LogP contribution in [0.3, 0.4) is 0 Å². The molecule has 1 fully saturated rings. The molecule has 2 aliphatic rings. The van der Waals surface area contributed by atoms with Crippen molar-refractivity contribution < 1.29 is 9.59 Å². The lowest BCUT2D eigenvalue weighted by Gasteiger charge is -2.20. The molecule has 0 N–H and O–H groups in total. The summed E-state index contributed by atoms with van der Waals surface area (Å²) in [5.74, 6) is -0.405. The Balaban J connectivity index is 1.74. The molecule has 5 nitrogen and oxygen atoms in total. The van der Waals surface area contributed by atoms with Crippen LogP contribution in [0.5, 0.6) is 0 Å². The Bertz CT molecular complexity index is 825. The number of imide groups is 1. The van der Waals surface area contributed by atoms with Gasteiger partial charge in [-0.2, -0.15) is 0 Å². The number of hydrogen-bond donors (Lipinski definition) is 0. The van der Waals surface area contributed by atoms with Gasteiger partial charge in [-0.3, -0.25) is 19.5 Å². The van der Waals surface area contributed by atoms with Gasteiger partial charge in [0, 0.05) is 25.5 Å². The average Bonchev–Trinajstić information content (AvgIpc) is 3.26. The SMILES string of the molecule is O=C1C(c2ccccc2)=C(N2CCCC2)C(=O)N1Cc1ccncc1. The van der Waals surface area contributed by atoms with Crippen LogP contribution in [0.15, 0.2) is 60.6 Å². The molecule has 0 saturated carbocycles. The predicted molar refractivity (Wildman–Crippen MR) is 94.0 cm³/mol. The minimum atomic E-state index is -0.213. The first-order chi connectivity index (χ1) is 12.3. The maximum Gasteiger partial charge on any atom is 0.278 e. The Kier molecular flexibility index (Phi) is 4.06. The monoisotopic (exact) mass is 333 g/mol. The smallest absolute Gasteiger partial charge is 0.278 e. The van der Waals surface area contributed by atoms with Gasteiger partial charge in [0.2, 0.25) is 0 Å². The third kappa shape index (κ3) is 2.82. The van der Waals surface area contributed by atoms with Crippen molar-refractivity contribution in [2.45, 2.75) is 19.4 Å². The van der Waals surface area contributed by atoms with Crippen LogP contribution in [0, 0.1) is 0 Å². The second kappa shape index (κ2) is 6.51. The lowest BCUT2D eigenvalue weighted by Crippen LogP contribution is -2.34. The van der Waals surface area contributed by atoms with Crippen molar-refractivity contribution in [2.75, 3.05) is 13.1 Å². The van der Waals surface area contributed by atoms with E-state index in [4.69, 9.17) is 0 Å². The van der Waals surface area contributed by atoms with Crippen LogP contribution in [0.2, 0.25) is 0 Å². The summed E-state index contributed by atoms with van der Waals surface area (Å²) in [5.41, 5.74) is 2.79. The number of likely N-dealkylation sites (tertiary alicyclic amines) is 1. The number of pyridine rings is 1. The van der Waals surface area contributed by atoms with Crippen LogP contribution in [0.4, 0.5) is 0 Å². The summed E-state index contributed by atoms with van der Waals surface area (Å²) in [5, 5.41) is 0. The number of nitrogens with zero attached hydrogens (tertiary/aromatic N) is 3. The van der Waals surface area contributed by atoms with E-state index in [0.29, 0.717) is 11.3 Å². The molecule has 25 heavy (non-hydrogen) atoms. The number of rotatable bonds is 4. The first-order valence-electron chi connectivity index (χ1n) is 8.55. The number of carbonyl (C=O) groups is 2. The van der Waals surface area contributed by atoms with Gasteiger partial charge in [-0.15, -0.1) is 0 Å². The normalized spacial score (nSPS) is 17.8. The molecular weight excluding hydrogens is 314 g/mol. The molecule has 0 aliphatic carbocycles. The summed E-state index contributed by atoms with van der Waals surface area (Å²) in [6.45, 7) is 1.93. The second-order valence-electron chi connectivity index (χ2n) is 6.34. The van der Waals surface area contributed by atoms with Crippen molar-refractivity contribution in [1.29, 1.82) is 0 Å². The first-order valence-corrected chi connectivity index (χ1v) is 8.55. The van der Waals surface area contributed by atoms with Gasteiger partial charge in [0.1, 0.15) is 5.70 Å². The van der Waals surface area contributed by atoms with Gasteiger partial charge in [0.05, 0.1) is 12.1 Å². The Morgan fingerprint density at radius 2 is 1.56 bits per heavy atom. The fourth-order valence-electron chi connectivity index (χ4n) is 3.48. The third-order valence-corrected chi connectivity index (χ3v) is 4.72. The van der Waals surface area contributed by atoms with E-state index in [2.05, 4.69) is 9.88 Å². The van der Waals surface area contributed by atoms with Crippen molar-refractivity contribution in [2.24, 2.45) is 0 Å². The molecule has 126 valence electrons. The Morgan fingerprint density at radius 3 is 2.24 bits per heavy atom. The standard InChI is InChI=1S/C20H19N3O2/c24-19-17(16-6-2-1-3-7-16)18(22-12-4-5-13-22)20(25)23(19)14-15-8-10-21-11-9-15/h1-3,6-11H,4-5,12-14H2. The molecule has 2 aromatic rings. The van der Waals surface area contributed by atoms with Gasteiger partial charge in [0.15, 0.2) is 0 Å². The second-order valence-corrected chi connectivity index (χ2v) is 6.34. The Labute approximate surface area is 146 Å². The van der Waals surface area contributed by atoms with Gasteiger partial charge in [-0.1, -0.05) is 30.3 Å². The van der Waals surface area contributed by atoms with Crippen LogP contribution in [-0.4, -0.2) is 39.7 Å². The highest BCUT2D eigenvalue weighted by Gasteiger charge is 2.41. The molecular formula is C20H19N3O2. The summed E-state index contributed by atoms with van der Waals surface area (Å²) in [4.78, 5) is 33.6. The van der Waals surface area contributed by atoms with Crippen LogP contribution in [-0.2, 0) is 16.1 Å². The summed E-state index contributed by atoms with van der Waals surface area (Å²) in [7, 11) is 0. The fraction of sp³-hybridized carbons (Fsp3) is 0.250. The molecule has 0 unspecified atom stereocenters. The van der Waals surface area contributed by atoms with Crippen molar-refractivity contribution in [1.82, 2.24) is 14.8 Å². The van der Waals surface area contributed by atoms with Gasteiger partial charge in [-0.25, -0.2) is 0 Å². The average molecular weight is 333 g/mol.